The summed E-state index contributed by atoms with van der Waals surface area (Å²) in [4.78, 5) is 23.6. The number of amides is 3. The Hall–Kier alpha value is -1.84. The number of halogens is 1. The Morgan fingerprint density at radius 1 is 1.27 bits per heavy atom. The average Bonchev–Trinajstić information content (AvgIpc) is 3.25. The number of anilines is 2. The number of carbonyl (C=O) groups is 2. The minimum atomic E-state index is -0.428. The molecule has 0 unspecified atom stereocenters. The Kier molecular flexibility index (Phi) is 6.70. The van der Waals surface area contributed by atoms with Crippen LogP contribution in [0.1, 0.15) is 25.7 Å². The second-order valence-corrected chi connectivity index (χ2v) is 8.44. The first kappa shape index (κ1) is 18.9. The Morgan fingerprint density at radius 2 is 2.08 bits per heavy atom. The first-order valence-corrected chi connectivity index (χ1v) is 10.4. The second-order valence-electron chi connectivity index (χ2n) is 5.80. The summed E-state index contributed by atoms with van der Waals surface area (Å²) in [7, 11) is 0. The fourth-order valence-electron chi connectivity index (χ4n) is 2.59. The third kappa shape index (κ3) is 5.86. The first-order valence-electron chi connectivity index (χ1n) is 8.18. The van der Waals surface area contributed by atoms with Gasteiger partial charge in [-0.25, -0.2) is 4.79 Å². The van der Waals surface area contributed by atoms with Gasteiger partial charge in [-0.2, -0.15) is 0 Å². The van der Waals surface area contributed by atoms with Crippen molar-refractivity contribution in [3.8, 4) is 0 Å². The smallest absolute Gasteiger partial charge is 0.321 e. The molecule has 0 spiro atoms. The predicted octanol–water partition coefficient (Wildman–Crippen LogP) is 3.80. The fraction of sp³-hybridized carbons (Fsp3) is 0.375. The number of imide groups is 1. The standard InChI is InChI=1S/C16H18ClN5O2S2/c17-10-4-3-7-12(8-10)19-15-21-22-16(26-15)25-9-13(23)20-14(24)18-11-5-1-2-6-11/h3-4,7-8,11H,1-2,5-6,9H2,(H,19,21)(H2,18,20,23,24). The fourth-order valence-corrected chi connectivity index (χ4v) is 4.35. The molecule has 2 aromatic rings. The van der Waals surface area contributed by atoms with E-state index in [4.69, 9.17) is 11.6 Å². The van der Waals surface area contributed by atoms with Crippen molar-refractivity contribution in [1.29, 1.82) is 0 Å². The SMILES string of the molecule is O=C(CSc1nnc(Nc2cccc(Cl)c2)s1)NC(=O)NC1CCCC1. The normalized spacial score (nSPS) is 14.2. The largest absolute Gasteiger partial charge is 0.335 e. The van der Waals surface area contributed by atoms with E-state index in [-0.39, 0.29) is 17.7 Å². The number of urea groups is 1. The van der Waals surface area contributed by atoms with E-state index < -0.39 is 6.03 Å². The van der Waals surface area contributed by atoms with Crippen molar-refractivity contribution in [1.82, 2.24) is 20.8 Å². The maximum Gasteiger partial charge on any atom is 0.321 e. The van der Waals surface area contributed by atoms with Gasteiger partial charge in [-0.15, -0.1) is 10.2 Å². The molecule has 1 heterocycles. The highest BCUT2D eigenvalue weighted by atomic mass is 35.5. The van der Waals surface area contributed by atoms with Gasteiger partial charge in [-0.3, -0.25) is 10.1 Å². The van der Waals surface area contributed by atoms with E-state index >= 15 is 0 Å². The molecule has 0 aliphatic heterocycles. The van der Waals surface area contributed by atoms with E-state index in [1.54, 1.807) is 12.1 Å². The molecule has 3 amide bonds. The van der Waals surface area contributed by atoms with Crippen molar-refractivity contribution in [2.45, 2.75) is 36.1 Å². The van der Waals surface area contributed by atoms with E-state index in [9.17, 15) is 9.59 Å². The van der Waals surface area contributed by atoms with E-state index in [2.05, 4.69) is 26.1 Å². The van der Waals surface area contributed by atoms with Gasteiger partial charge >= 0.3 is 6.03 Å². The molecule has 0 bridgehead atoms. The van der Waals surface area contributed by atoms with Crippen LogP contribution in [0.25, 0.3) is 0 Å². The highest BCUT2D eigenvalue weighted by molar-refractivity contribution is 8.01. The molecular formula is C16H18ClN5O2S2. The van der Waals surface area contributed by atoms with Gasteiger partial charge in [0.1, 0.15) is 0 Å². The molecule has 7 nitrogen and oxygen atoms in total. The third-order valence-electron chi connectivity index (χ3n) is 3.75. The number of rotatable bonds is 6. The molecule has 0 saturated heterocycles. The Morgan fingerprint density at radius 3 is 2.85 bits per heavy atom. The van der Waals surface area contributed by atoms with E-state index in [1.165, 1.54) is 23.1 Å². The van der Waals surface area contributed by atoms with Crippen molar-refractivity contribution in [2.75, 3.05) is 11.1 Å². The van der Waals surface area contributed by atoms with E-state index in [0.29, 0.717) is 14.5 Å². The van der Waals surface area contributed by atoms with Gasteiger partial charge in [0.25, 0.3) is 0 Å². The lowest BCUT2D eigenvalue weighted by molar-refractivity contribution is -0.117. The maximum absolute atomic E-state index is 11.9. The van der Waals surface area contributed by atoms with Crippen molar-refractivity contribution in [3.05, 3.63) is 29.3 Å². The van der Waals surface area contributed by atoms with Gasteiger partial charge in [0, 0.05) is 16.8 Å². The van der Waals surface area contributed by atoms with Gasteiger partial charge < -0.3 is 10.6 Å². The van der Waals surface area contributed by atoms with Crippen LogP contribution >= 0.6 is 34.7 Å². The molecule has 1 aromatic carbocycles. The van der Waals surface area contributed by atoms with E-state index in [0.717, 1.165) is 31.4 Å². The van der Waals surface area contributed by atoms with Gasteiger partial charge in [0.2, 0.25) is 11.0 Å². The predicted molar refractivity (Wildman–Crippen MR) is 104 cm³/mol. The third-order valence-corrected chi connectivity index (χ3v) is 5.96. The zero-order chi connectivity index (χ0) is 18.4. The molecule has 1 fully saturated rings. The summed E-state index contributed by atoms with van der Waals surface area (Å²) in [5.74, 6) is -0.255. The van der Waals surface area contributed by atoms with Crippen LogP contribution in [-0.4, -0.2) is 33.9 Å². The number of nitrogens with zero attached hydrogens (tertiary/aromatic N) is 2. The molecule has 10 heteroatoms. The number of hydrogen-bond acceptors (Lipinski definition) is 7. The summed E-state index contributed by atoms with van der Waals surface area (Å²) >= 11 is 8.50. The molecule has 1 aliphatic carbocycles. The van der Waals surface area contributed by atoms with Gasteiger partial charge in [0.05, 0.1) is 5.75 Å². The van der Waals surface area contributed by atoms with Crippen molar-refractivity contribution in [3.63, 3.8) is 0 Å². The molecule has 26 heavy (non-hydrogen) atoms. The van der Waals surface area contributed by atoms with Crippen LogP contribution in [0.15, 0.2) is 28.6 Å². The molecular weight excluding hydrogens is 394 g/mol. The molecule has 1 aromatic heterocycles. The summed E-state index contributed by atoms with van der Waals surface area (Å²) < 4.78 is 0.640. The number of thioether (sulfide) groups is 1. The molecule has 138 valence electrons. The highest BCUT2D eigenvalue weighted by Gasteiger charge is 2.18. The lowest BCUT2D eigenvalue weighted by Crippen LogP contribution is -2.44. The van der Waals surface area contributed by atoms with Gasteiger partial charge in [0.15, 0.2) is 4.34 Å². The number of benzene rings is 1. The van der Waals surface area contributed by atoms with Gasteiger partial charge in [-0.05, 0) is 31.0 Å². The van der Waals surface area contributed by atoms with Crippen molar-refractivity contribution >= 4 is 57.5 Å². The zero-order valence-corrected chi connectivity index (χ0v) is 16.2. The number of aromatic nitrogens is 2. The van der Waals surface area contributed by atoms with Crippen LogP contribution in [0.2, 0.25) is 5.02 Å². The maximum atomic E-state index is 11.9. The van der Waals surface area contributed by atoms with Crippen LogP contribution in [0, 0.1) is 0 Å². The molecule has 0 atom stereocenters. The summed E-state index contributed by atoms with van der Waals surface area (Å²) in [5, 5.41) is 17.6. The Labute approximate surface area is 164 Å². The Bertz CT molecular complexity index is 780. The van der Waals surface area contributed by atoms with Crippen molar-refractivity contribution in [2.24, 2.45) is 0 Å². The lowest BCUT2D eigenvalue weighted by Gasteiger charge is -2.11. The lowest BCUT2D eigenvalue weighted by atomic mass is 10.2. The zero-order valence-electron chi connectivity index (χ0n) is 13.8. The molecule has 3 N–H and O–H groups in total. The first-order chi connectivity index (χ1) is 12.6. The van der Waals surface area contributed by atoms with Crippen LogP contribution in [0.4, 0.5) is 15.6 Å². The molecule has 1 aliphatic rings. The molecule has 0 radical (unpaired) electrons. The summed E-state index contributed by atoms with van der Waals surface area (Å²) in [5.41, 5.74) is 0.812. The van der Waals surface area contributed by atoms with Crippen LogP contribution in [0.3, 0.4) is 0 Å². The van der Waals surface area contributed by atoms with E-state index in [1.807, 2.05) is 12.1 Å². The summed E-state index contributed by atoms with van der Waals surface area (Å²) in [6.07, 6.45) is 4.20. The summed E-state index contributed by atoms with van der Waals surface area (Å²) in [6, 6.07) is 7.03. The quantitative estimate of drug-likeness (QED) is 0.626. The molecule has 3 rings (SSSR count). The van der Waals surface area contributed by atoms with Crippen LogP contribution in [-0.2, 0) is 4.79 Å². The topological polar surface area (TPSA) is 96.0 Å². The minimum Gasteiger partial charge on any atom is -0.335 e. The number of carbonyl (C=O) groups excluding carboxylic acids is 2. The number of hydrogen-bond donors (Lipinski definition) is 3. The van der Waals surface area contributed by atoms with Crippen molar-refractivity contribution < 1.29 is 9.59 Å². The average molecular weight is 412 g/mol. The minimum absolute atomic E-state index is 0.101. The van der Waals surface area contributed by atoms with Crippen LogP contribution in [0.5, 0.6) is 0 Å². The Balaban J connectivity index is 1.42. The monoisotopic (exact) mass is 411 g/mol. The molecule has 1 saturated carbocycles. The summed E-state index contributed by atoms with van der Waals surface area (Å²) in [6.45, 7) is 0. The second kappa shape index (κ2) is 9.20. The highest BCUT2D eigenvalue weighted by Crippen LogP contribution is 2.28. The van der Waals surface area contributed by atoms with Gasteiger partial charge in [-0.1, -0.05) is 53.6 Å². The number of nitrogens with one attached hydrogen (secondary N) is 3. The van der Waals surface area contributed by atoms with Crippen LogP contribution < -0.4 is 16.0 Å².